The molecule has 0 fully saturated rings. The maximum Gasteiger partial charge on any atom is 0.241 e. The molecule has 0 saturated heterocycles. The molecule has 0 aliphatic heterocycles. The number of benzene rings is 2. The first-order chi connectivity index (χ1) is 12.4. The summed E-state index contributed by atoms with van der Waals surface area (Å²) in [4.78, 5) is 26.2. The van der Waals surface area contributed by atoms with Gasteiger partial charge >= 0.3 is 0 Å². The predicted molar refractivity (Wildman–Crippen MR) is 102 cm³/mol. The maximum atomic E-state index is 13.6. The second kappa shape index (κ2) is 9.10. The first kappa shape index (κ1) is 19.6. The van der Waals surface area contributed by atoms with E-state index in [9.17, 15) is 14.0 Å². The molecular weight excluding hydrogens is 333 g/mol. The fourth-order valence-electron chi connectivity index (χ4n) is 2.50. The molecule has 0 radical (unpaired) electrons. The van der Waals surface area contributed by atoms with Crippen molar-refractivity contribution in [3.8, 4) is 0 Å². The SMILES string of the molecule is CCc1ccccc1NC(=O)CN(C)[C@H](C)C(=O)Nc1ccccc1F. The zero-order valence-electron chi connectivity index (χ0n) is 15.3. The number of halogens is 1. The average molecular weight is 357 g/mol. The Kier molecular flexibility index (Phi) is 6.86. The summed E-state index contributed by atoms with van der Waals surface area (Å²) in [6.45, 7) is 3.74. The van der Waals surface area contributed by atoms with E-state index < -0.39 is 11.9 Å². The minimum atomic E-state index is -0.596. The number of para-hydroxylation sites is 2. The zero-order chi connectivity index (χ0) is 19.1. The van der Waals surface area contributed by atoms with Crippen molar-refractivity contribution in [2.75, 3.05) is 24.2 Å². The minimum Gasteiger partial charge on any atom is -0.325 e. The Labute approximate surface area is 153 Å². The molecule has 2 aromatic carbocycles. The van der Waals surface area contributed by atoms with Crippen molar-refractivity contribution in [1.82, 2.24) is 4.90 Å². The standard InChI is InChI=1S/C20H24FN3O2/c1-4-15-9-5-7-11-17(15)22-19(25)13-24(3)14(2)20(26)23-18-12-8-6-10-16(18)21/h5-12,14H,4,13H2,1-3H3,(H,22,25)(H,23,26)/t14-/m1/s1. The van der Waals surface area contributed by atoms with Crippen LogP contribution in [0, 0.1) is 5.82 Å². The number of hydrogen-bond donors (Lipinski definition) is 2. The number of nitrogens with one attached hydrogen (secondary N) is 2. The number of anilines is 2. The molecule has 2 rings (SSSR count). The van der Waals surface area contributed by atoms with E-state index in [2.05, 4.69) is 10.6 Å². The monoisotopic (exact) mass is 357 g/mol. The van der Waals surface area contributed by atoms with Gasteiger partial charge in [-0.1, -0.05) is 37.3 Å². The molecule has 2 amide bonds. The molecule has 5 nitrogen and oxygen atoms in total. The van der Waals surface area contributed by atoms with Crippen LogP contribution in [0.2, 0.25) is 0 Å². The average Bonchev–Trinajstić information content (AvgIpc) is 2.63. The summed E-state index contributed by atoms with van der Waals surface area (Å²) in [6.07, 6.45) is 0.813. The van der Waals surface area contributed by atoms with Crippen molar-refractivity contribution in [2.24, 2.45) is 0 Å². The molecule has 6 heteroatoms. The van der Waals surface area contributed by atoms with Crippen LogP contribution in [0.4, 0.5) is 15.8 Å². The number of aryl methyl sites for hydroxylation is 1. The third kappa shape index (κ3) is 5.13. The van der Waals surface area contributed by atoms with E-state index in [1.165, 1.54) is 12.1 Å². The Morgan fingerprint density at radius 2 is 1.65 bits per heavy atom. The normalized spacial score (nSPS) is 11.9. The van der Waals surface area contributed by atoms with Crippen LogP contribution in [-0.4, -0.2) is 36.3 Å². The fraction of sp³-hybridized carbons (Fsp3) is 0.300. The summed E-state index contributed by atoms with van der Waals surface area (Å²) >= 11 is 0. The maximum absolute atomic E-state index is 13.6. The van der Waals surface area contributed by atoms with Gasteiger partial charge in [0, 0.05) is 5.69 Å². The van der Waals surface area contributed by atoms with Crippen LogP contribution in [0.15, 0.2) is 48.5 Å². The fourth-order valence-corrected chi connectivity index (χ4v) is 2.50. The molecule has 0 aliphatic rings. The number of rotatable bonds is 7. The second-order valence-corrected chi connectivity index (χ2v) is 6.12. The summed E-state index contributed by atoms with van der Waals surface area (Å²) in [6, 6.07) is 13.0. The van der Waals surface area contributed by atoms with E-state index >= 15 is 0 Å². The van der Waals surface area contributed by atoms with Crippen LogP contribution in [0.5, 0.6) is 0 Å². The summed E-state index contributed by atoms with van der Waals surface area (Å²) in [5.41, 5.74) is 1.95. The molecule has 1 atom stereocenters. The molecule has 0 bridgehead atoms. The van der Waals surface area contributed by atoms with Crippen LogP contribution < -0.4 is 10.6 Å². The highest BCUT2D eigenvalue weighted by Crippen LogP contribution is 2.16. The summed E-state index contributed by atoms with van der Waals surface area (Å²) in [5.74, 6) is -1.08. The van der Waals surface area contributed by atoms with Gasteiger partial charge in [0.25, 0.3) is 0 Å². The van der Waals surface area contributed by atoms with E-state index in [0.29, 0.717) is 0 Å². The Bertz CT molecular complexity index is 779. The lowest BCUT2D eigenvalue weighted by Gasteiger charge is -2.23. The van der Waals surface area contributed by atoms with Crippen molar-refractivity contribution in [3.05, 3.63) is 59.9 Å². The van der Waals surface area contributed by atoms with Gasteiger partial charge in [-0.25, -0.2) is 4.39 Å². The molecule has 2 N–H and O–H groups in total. The first-order valence-electron chi connectivity index (χ1n) is 8.55. The molecule has 0 unspecified atom stereocenters. The number of carbonyl (C=O) groups excluding carboxylic acids is 2. The first-order valence-corrected chi connectivity index (χ1v) is 8.55. The lowest BCUT2D eigenvalue weighted by atomic mass is 10.1. The molecule has 0 aliphatic carbocycles. The van der Waals surface area contributed by atoms with Gasteiger partial charge in [-0.2, -0.15) is 0 Å². The van der Waals surface area contributed by atoms with E-state index in [4.69, 9.17) is 0 Å². The quantitative estimate of drug-likeness (QED) is 0.799. The summed E-state index contributed by atoms with van der Waals surface area (Å²) in [5, 5.41) is 5.42. The van der Waals surface area contributed by atoms with Gasteiger partial charge < -0.3 is 10.6 Å². The van der Waals surface area contributed by atoms with Crippen LogP contribution in [-0.2, 0) is 16.0 Å². The largest absolute Gasteiger partial charge is 0.325 e. The van der Waals surface area contributed by atoms with Gasteiger partial charge in [0.1, 0.15) is 5.82 Å². The van der Waals surface area contributed by atoms with Gasteiger partial charge in [0.05, 0.1) is 18.3 Å². The van der Waals surface area contributed by atoms with Crippen molar-refractivity contribution in [3.63, 3.8) is 0 Å². The van der Waals surface area contributed by atoms with Gasteiger partial charge in [0.2, 0.25) is 11.8 Å². The molecule has 26 heavy (non-hydrogen) atoms. The van der Waals surface area contributed by atoms with E-state index in [1.54, 1.807) is 31.0 Å². The number of carbonyl (C=O) groups is 2. The lowest BCUT2D eigenvalue weighted by molar-refractivity contribution is -0.122. The molecule has 138 valence electrons. The van der Waals surface area contributed by atoms with Crippen LogP contribution >= 0.6 is 0 Å². The van der Waals surface area contributed by atoms with Crippen molar-refractivity contribution >= 4 is 23.2 Å². The van der Waals surface area contributed by atoms with E-state index in [1.807, 2.05) is 31.2 Å². The van der Waals surface area contributed by atoms with Gasteiger partial charge in [0.15, 0.2) is 0 Å². The Morgan fingerprint density at radius 3 is 2.31 bits per heavy atom. The third-order valence-corrected chi connectivity index (χ3v) is 4.24. The van der Waals surface area contributed by atoms with Crippen LogP contribution in [0.1, 0.15) is 19.4 Å². The molecular formula is C20H24FN3O2. The zero-order valence-corrected chi connectivity index (χ0v) is 15.3. The molecule has 0 saturated carbocycles. The van der Waals surface area contributed by atoms with Crippen LogP contribution in [0.3, 0.4) is 0 Å². The molecule has 2 aromatic rings. The summed E-state index contributed by atoms with van der Waals surface area (Å²) < 4.78 is 13.6. The minimum absolute atomic E-state index is 0.0455. The van der Waals surface area contributed by atoms with Gasteiger partial charge in [-0.15, -0.1) is 0 Å². The molecule has 0 spiro atoms. The number of amides is 2. The molecule has 0 aromatic heterocycles. The van der Waals surface area contributed by atoms with E-state index in [0.717, 1.165) is 17.7 Å². The number of likely N-dealkylation sites (N-methyl/N-ethyl adjacent to an activating group) is 1. The Hall–Kier alpha value is -2.73. The summed E-state index contributed by atoms with van der Waals surface area (Å²) in [7, 11) is 1.68. The number of hydrogen-bond acceptors (Lipinski definition) is 3. The lowest BCUT2D eigenvalue weighted by Crippen LogP contribution is -2.43. The highest BCUT2D eigenvalue weighted by atomic mass is 19.1. The highest BCUT2D eigenvalue weighted by Gasteiger charge is 2.21. The molecule has 0 heterocycles. The second-order valence-electron chi connectivity index (χ2n) is 6.12. The van der Waals surface area contributed by atoms with Crippen molar-refractivity contribution < 1.29 is 14.0 Å². The predicted octanol–water partition coefficient (Wildman–Crippen LogP) is 3.29. The Balaban J connectivity index is 1.93. The van der Waals surface area contributed by atoms with Gasteiger partial charge in [-0.3, -0.25) is 14.5 Å². The topological polar surface area (TPSA) is 61.4 Å². The van der Waals surface area contributed by atoms with Crippen molar-refractivity contribution in [1.29, 1.82) is 0 Å². The van der Waals surface area contributed by atoms with Crippen molar-refractivity contribution in [2.45, 2.75) is 26.3 Å². The van der Waals surface area contributed by atoms with E-state index in [-0.39, 0.29) is 24.0 Å². The third-order valence-electron chi connectivity index (χ3n) is 4.24. The number of nitrogens with zero attached hydrogens (tertiary/aromatic N) is 1. The smallest absolute Gasteiger partial charge is 0.241 e. The van der Waals surface area contributed by atoms with Gasteiger partial charge in [-0.05, 0) is 44.2 Å². The Morgan fingerprint density at radius 1 is 1.04 bits per heavy atom. The van der Waals surface area contributed by atoms with Crippen LogP contribution in [0.25, 0.3) is 0 Å². The highest BCUT2D eigenvalue weighted by molar-refractivity contribution is 5.96.